The zero-order valence-electron chi connectivity index (χ0n) is 33.2. The molecule has 0 radical (unpaired) electrons. The van der Waals surface area contributed by atoms with Crippen molar-refractivity contribution in [2.45, 2.75) is 251 Å². The van der Waals surface area contributed by atoms with Crippen molar-refractivity contribution < 1.29 is 15.0 Å². The number of aliphatic hydroxyl groups excluding tert-OH is 2. The Kier molecular flexibility index (Phi) is 40.3. The van der Waals surface area contributed by atoms with E-state index in [1.807, 2.05) is 0 Å². The molecule has 0 heterocycles. The third-order valence-corrected chi connectivity index (χ3v) is 10.2. The first kappa shape index (κ1) is 47.9. The second-order valence-corrected chi connectivity index (χ2v) is 15.1. The molecule has 0 saturated heterocycles. The van der Waals surface area contributed by atoms with Crippen LogP contribution >= 0.6 is 0 Å². The van der Waals surface area contributed by atoms with E-state index in [0.717, 1.165) is 32.1 Å². The Bertz CT molecular complexity index is 705. The van der Waals surface area contributed by atoms with E-state index >= 15 is 0 Å². The number of unbranched alkanes of at least 4 members (excludes halogenated alkanes) is 29. The molecule has 0 saturated carbocycles. The number of amides is 1. The van der Waals surface area contributed by atoms with Gasteiger partial charge in [0.1, 0.15) is 0 Å². The largest absolute Gasteiger partial charge is 0.394 e. The molecule has 2 unspecified atom stereocenters. The van der Waals surface area contributed by atoms with Gasteiger partial charge in [-0.1, -0.05) is 212 Å². The van der Waals surface area contributed by atoms with Crippen LogP contribution in [0.2, 0.25) is 0 Å². The maximum absolute atomic E-state index is 12.4. The molecule has 49 heavy (non-hydrogen) atoms. The molecule has 0 aliphatic heterocycles. The molecule has 1 amide bonds. The third kappa shape index (κ3) is 37.9. The Labute approximate surface area is 307 Å². The fourth-order valence-corrected chi connectivity index (χ4v) is 6.80. The number of hydrogen-bond acceptors (Lipinski definition) is 3. The molecular formula is C45H87NO3. The molecule has 0 fully saturated rings. The standard InChI is InChI=1S/C45H87NO3/c1-3-5-7-9-11-13-15-17-19-20-21-22-23-24-25-26-27-29-31-33-35-37-39-41-45(49)46-43(42-47)44(48)40-38-36-34-32-30-28-18-16-14-12-10-8-6-4-2/h21-22,24-25,43-44,47-48H,3-20,23,26-42H2,1-2H3,(H,46,49)/b22-21-,25-24-. The van der Waals surface area contributed by atoms with Crippen molar-refractivity contribution in [2.24, 2.45) is 0 Å². The molecule has 4 heteroatoms. The van der Waals surface area contributed by atoms with E-state index < -0.39 is 12.1 Å². The lowest BCUT2D eigenvalue weighted by atomic mass is 10.0. The van der Waals surface area contributed by atoms with Gasteiger partial charge in [0.15, 0.2) is 0 Å². The van der Waals surface area contributed by atoms with Crippen molar-refractivity contribution in [3.8, 4) is 0 Å². The van der Waals surface area contributed by atoms with Crippen LogP contribution in [0.1, 0.15) is 239 Å². The van der Waals surface area contributed by atoms with Gasteiger partial charge in [-0.25, -0.2) is 0 Å². The molecule has 290 valence electrons. The Morgan fingerprint density at radius 3 is 1.22 bits per heavy atom. The summed E-state index contributed by atoms with van der Waals surface area (Å²) in [7, 11) is 0. The number of allylic oxidation sites excluding steroid dienone is 4. The zero-order valence-corrected chi connectivity index (χ0v) is 33.2. The van der Waals surface area contributed by atoms with Gasteiger partial charge in [0.2, 0.25) is 5.91 Å². The average Bonchev–Trinajstić information content (AvgIpc) is 3.10. The Balaban J connectivity index is 3.53. The summed E-state index contributed by atoms with van der Waals surface area (Å²) in [5.74, 6) is -0.0378. The molecule has 0 aliphatic rings. The van der Waals surface area contributed by atoms with Gasteiger partial charge in [-0.15, -0.1) is 0 Å². The highest BCUT2D eigenvalue weighted by Crippen LogP contribution is 2.15. The van der Waals surface area contributed by atoms with Crippen LogP contribution in [0.5, 0.6) is 0 Å². The Morgan fingerprint density at radius 1 is 0.490 bits per heavy atom. The molecule has 4 nitrogen and oxygen atoms in total. The molecule has 0 aromatic rings. The quantitative estimate of drug-likeness (QED) is 0.0443. The van der Waals surface area contributed by atoms with Gasteiger partial charge in [-0.2, -0.15) is 0 Å². The number of nitrogens with one attached hydrogen (secondary N) is 1. The molecular weight excluding hydrogens is 602 g/mol. The molecule has 0 aliphatic carbocycles. The maximum atomic E-state index is 12.4. The topological polar surface area (TPSA) is 69.6 Å². The van der Waals surface area contributed by atoms with Crippen LogP contribution in [-0.2, 0) is 4.79 Å². The van der Waals surface area contributed by atoms with E-state index in [2.05, 4.69) is 43.5 Å². The van der Waals surface area contributed by atoms with E-state index in [4.69, 9.17) is 0 Å². The first-order chi connectivity index (χ1) is 24.2. The molecule has 0 rings (SSSR count). The lowest BCUT2D eigenvalue weighted by Crippen LogP contribution is -2.45. The van der Waals surface area contributed by atoms with Gasteiger partial charge in [0, 0.05) is 6.42 Å². The van der Waals surface area contributed by atoms with Crippen LogP contribution in [0.15, 0.2) is 24.3 Å². The summed E-state index contributed by atoms with van der Waals surface area (Å²) in [4.78, 5) is 12.4. The molecule has 3 N–H and O–H groups in total. The first-order valence-corrected chi connectivity index (χ1v) is 22.0. The number of carbonyl (C=O) groups is 1. The minimum Gasteiger partial charge on any atom is -0.394 e. The van der Waals surface area contributed by atoms with Gasteiger partial charge in [-0.3, -0.25) is 4.79 Å². The van der Waals surface area contributed by atoms with E-state index in [-0.39, 0.29) is 12.5 Å². The second-order valence-electron chi connectivity index (χ2n) is 15.1. The number of hydrogen-bond donors (Lipinski definition) is 3. The van der Waals surface area contributed by atoms with Crippen molar-refractivity contribution in [1.82, 2.24) is 5.32 Å². The van der Waals surface area contributed by atoms with Gasteiger partial charge in [0.25, 0.3) is 0 Å². The van der Waals surface area contributed by atoms with Crippen LogP contribution < -0.4 is 5.32 Å². The summed E-state index contributed by atoms with van der Waals surface area (Å²) in [6, 6.07) is -0.538. The zero-order chi connectivity index (χ0) is 35.7. The molecule has 0 aromatic carbocycles. The Hall–Kier alpha value is -1.13. The number of carbonyl (C=O) groups excluding carboxylic acids is 1. The van der Waals surface area contributed by atoms with Gasteiger partial charge < -0.3 is 15.5 Å². The molecule has 0 aromatic heterocycles. The minimum atomic E-state index is -0.660. The van der Waals surface area contributed by atoms with Crippen molar-refractivity contribution in [2.75, 3.05) is 6.61 Å². The number of aliphatic hydroxyl groups is 2. The highest BCUT2D eigenvalue weighted by atomic mass is 16.3. The smallest absolute Gasteiger partial charge is 0.220 e. The lowest BCUT2D eigenvalue weighted by molar-refractivity contribution is -0.123. The van der Waals surface area contributed by atoms with E-state index in [9.17, 15) is 15.0 Å². The fourth-order valence-electron chi connectivity index (χ4n) is 6.80. The van der Waals surface area contributed by atoms with Crippen LogP contribution in [0, 0.1) is 0 Å². The average molecular weight is 690 g/mol. The second kappa shape index (κ2) is 41.3. The minimum absolute atomic E-state index is 0.0378. The Morgan fingerprint density at radius 2 is 0.837 bits per heavy atom. The maximum Gasteiger partial charge on any atom is 0.220 e. The molecule has 2 atom stereocenters. The van der Waals surface area contributed by atoms with Crippen LogP contribution in [0.25, 0.3) is 0 Å². The van der Waals surface area contributed by atoms with Crippen molar-refractivity contribution in [1.29, 1.82) is 0 Å². The van der Waals surface area contributed by atoms with Gasteiger partial charge in [0.05, 0.1) is 18.8 Å². The predicted octanol–water partition coefficient (Wildman–Crippen LogP) is 13.6. The summed E-state index contributed by atoms with van der Waals surface area (Å²) in [5.41, 5.74) is 0. The van der Waals surface area contributed by atoms with Crippen LogP contribution in [0.3, 0.4) is 0 Å². The predicted molar refractivity (Wildman–Crippen MR) is 216 cm³/mol. The fraction of sp³-hybridized carbons (Fsp3) is 0.889. The first-order valence-electron chi connectivity index (χ1n) is 22.0. The summed E-state index contributed by atoms with van der Waals surface area (Å²) >= 11 is 0. The highest BCUT2D eigenvalue weighted by molar-refractivity contribution is 5.76. The normalized spacial score (nSPS) is 13.1. The monoisotopic (exact) mass is 690 g/mol. The summed E-state index contributed by atoms with van der Waals surface area (Å²) < 4.78 is 0. The SMILES string of the molecule is CCCCCCCCCCC/C=C\C/C=C\CCCCCCCCCC(=O)NC(CO)C(O)CCCCCCCCCCCCCCCC. The van der Waals surface area contributed by atoms with Crippen molar-refractivity contribution >= 4 is 5.91 Å². The van der Waals surface area contributed by atoms with Crippen LogP contribution in [0.4, 0.5) is 0 Å². The van der Waals surface area contributed by atoms with E-state index in [1.165, 1.54) is 180 Å². The number of rotatable bonds is 40. The lowest BCUT2D eigenvalue weighted by Gasteiger charge is -2.22. The van der Waals surface area contributed by atoms with Crippen LogP contribution in [-0.4, -0.2) is 34.9 Å². The third-order valence-electron chi connectivity index (χ3n) is 10.2. The molecule has 0 bridgehead atoms. The summed E-state index contributed by atoms with van der Waals surface area (Å²) in [6.07, 6.45) is 52.5. The van der Waals surface area contributed by atoms with E-state index in [1.54, 1.807) is 0 Å². The van der Waals surface area contributed by atoms with E-state index in [0.29, 0.717) is 12.8 Å². The highest BCUT2D eigenvalue weighted by Gasteiger charge is 2.20. The summed E-state index contributed by atoms with van der Waals surface area (Å²) in [5, 5.41) is 23.1. The van der Waals surface area contributed by atoms with Gasteiger partial charge in [-0.05, 0) is 44.9 Å². The van der Waals surface area contributed by atoms with Crippen molar-refractivity contribution in [3.05, 3.63) is 24.3 Å². The van der Waals surface area contributed by atoms with Crippen molar-refractivity contribution in [3.63, 3.8) is 0 Å². The molecule has 0 spiro atoms. The summed E-state index contributed by atoms with van der Waals surface area (Å²) in [6.45, 7) is 4.36. The van der Waals surface area contributed by atoms with Gasteiger partial charge >= 0.3 is 0 Å².